The van der Waals surface area contributed by atoms with E-state index < -0.39 is 0 Å². The van der Waals surface area contributed by atoms with Gasteiger partial charge in [0.05, 0.1) is 18.6 Å². The van der Waals surface area contributed by atoms with E-state index in [-0.39, 0.29) is 24.5 Å². The topological polar surface area (TPSA) is 77.4 Å². The third-order valence-electron chi connectivity index (χ3n) is 4.44. The first-order valence-corrected chi connectivity index (χ1v) is 8.17. The van der Waals surface area contributed by atoms with Gasteiger partial charge in [-0.3, -0.25) is 4.79 Å². The van der Waals surface area contributed by atoms with Crippen LogP contribution in [0.25, 0.3) is 0 Å². The number of benzene rings is 1. The van der Waals surface area contributed by atoms with E-state index >= 15 is 0 Å². The Morgan fingerprint density at radius 1 is 1.04 bits per heavy atom. The Morgan fingerprint density at radius 3 is 2.69 bits per heavy atom. The summed E-state index contributed by atoms with van der Waals surface area (Å²) < 4.78 is 21.6. The summed E-state index contributed by atoms with van der Waals surface area (Å²) in [5.41, 5.74) is 1.61. The standard InChI is InChI=1S/C19H14N2O5/c22-19(17-4-2-8-24-17)21-14(10-13(20-21)15-3-1-7-23-15)12-5-6-16-18(9-12)26-11-25-16/h1-9,14H,10-11H2/t14-/m0/s1. The average molecular weight is 350 g/mol. The fraction of sp³-hybridized carbons (Fsp3) is 0.158. The number of amides is 1. The van der Waals surface area contributed by atoms with Crippen molar-refractivity contribution in [1.29, 1.82) is 0 Å². The van der Waals surface area contributed by atoms with E-state index in [4.69, 9.17) is 18.3 Å². The zero-order valence-electron chi connectivity index (χ0n) is 13.6. The molecule has 5 rings (SSSR count). The molecular formula is C19H14N2O5. The molecule has 0 unspecified atom stereocenters. The molecule has 2 aromatic heterocycles. The van der Waals surface area contributed by atoms with Gasteiger partial charge in [-0.2, -0.15) is 5.10 Å². The summed E-state index contributed by atoms with van der Waals surface area (Å²) in [6.07, 6.45) is 3.58. The maximum absolute atomic E-state index is 12.9. The highest BCUT2D eigenvalue weighted by molar-refractivity contribution is 6.02. The number of fused-ring (bicyclic) bond motifs is 1. The largest absolute Gasteiger partial charge is 0.463 e. The lowest BCUT2D eigenvalue weighted by Crippen LogP contribution is -2.26. The monoisotopic (exact) mass is 350 g/mol. The first-order valence-electron chi connectivity index (χ1n) is 8.17. The van der Waals surface area contributed by atoms with Gasteiger partial charge in [-0.1, -0.05) is 6.07 Å². The van der Waals surface area contributed by atoms with E-state index in [2.05, 4.69) is 5.10 Å². The van der Waals surface area contributed by atoms with Crippen molar-refractivity contribution in [2.24, 2.45) is 5.10 Å². The van der Waals surface area contributed by atoms with Gasteiger partial charge in [-0.15, -0.1) is 0 Å². The van der Waals surface area contributed by atoms with E-state index in [0.717, 1.165) is 5.56 Å². The molecular weight excluding hydrogens is 336 g/mol. The van der Waals surface area contributed by atoms with Crippen molar-refractivity contribution in [2.75, 3.05) is 6.79 Å². The van der Waals surface area contributed by atoms with Crippen LogP contribution in [0.4, 0.5) is 0 Å². The second kappa shape index (κ2) is 5.80. The molecule has 1 aromatic carbocycles. The Morgan fingerprint density at radius 2 is 1.88 bits per heavy atom. The van der Waals surface area contributed by atoms with Crippen LogP contribution in [-0.2, 0) is 0 Å². The molecule has 0 saturated heterocycles. The van der Waals surface area contributed by atoms with Crippen molar-refractivity contribution in [3.63, 3.8) is 0 Å². The van der Waals surface area contributed by atoms with Gasteiger partial charge in [-0.05, 0) is 42.0 Å². The van der Waals surface area contributed by atoms with Gasteiger partial charge in [0.15, 0.2) is 17.3 Å². The van der Waals surface area contributed by atoms with Gasteiger partial charge in [0.25, 0.3) is 0 Å². The van der Waals surface area contributed by atoms with Crippen LogP contribution in [-0.4, -0.2) is 23.4 Å². The lowest BCUT2D eigenvalue weighted by Gasteiger charge is -2.21. The van der Waals surface area contributed by atoms with E-state index in [0.29, 0.717) is 29.4 Å². The van der Waals surface area contributed by atoms with Gasteiger partial charge in [0.2, 0.25) is 6.79 Å². The van der Waals surface area contributed by atoms with Gasteiger partial charge >= 0.3 is 5.91 Å². The van der Waals surface area contributed by atoms with Crippen LogP contribution in [0.5, 0.6) is 11.5 Å². The third-order valence-corrected chi connectivity index (χ3v) is 4.44. The summed E-state index contributed by atoms with van der Waals surface area (Å²) in [6, 6.07) is 12.3. The van der Waals surface area contributed by atoms with E-state index in [1.54, 1.807) is 24.5 Å². The summed E-state index contributed by atoms with van der Waals surface area (Å²) in [5, 5.41) is 5.95. The summed E-state index contributed by atoms with van der Waals surface area (Å²) in [6.45, 7) is 0.201. The van der Waals surface area contributed by atoms with Gasteiger partial charge in [0.1, 0.15) is 11.5 Å². The summed E-state index contributed by atoms with van der Waals surface area (Å²) in [4.78, 5) is 12.9. The highest BCUT2D eigenvalue weighted by Gasteiger charge is 2.36. The molecule has 0 bridgehead atoms. The molecule has 4 heterocycles. The minimum atomic E-state index is -0.306. The van der Waals surface area contributed by atoms with Gasteiger partial charge in [0, 0.05) is 6.42 Å². The number of hydrogen-bond donors (Lipinski definition) is 0. The first-order chi connectivity index (χ1) is 12.8. The number of hydrogen-bond acceptors (Lipinski definition) is 6. The van der Waals surface area contributed by atoms with Gasteiger partial charge in [-0.25, -0.2) is 5.01 Å². The quantitative estimate of drug-likeness (QED) is 0.721. The molecule has 0 N–H and O–H groups in total. The van der Waals surface area contributed by atoms with Crippen LogP contribution in [0, 0.1) is 0 Å². The molecule has 0 spiro atoms. The Kier molecular flexibility index (Phi) is 3.31. The number of ether oxygens (including phenoxy) is 2. The molecule has 0 saturated carbocycles. The first kappa shape index (κ1) is 14.8. The number of hydrazone groups is 1. The SMILES string of the molecule is O=C(c1ccco1)N1N=C(c2ccco2)C[C@H]1c1ccc2c(c1)OCO2. The Bertz CT molecular complexity index is 976. The van der Waals surface area contributed by atoms with E-state index in [9.17, 15) is 4.79 Å². The molecule has 130 valence electrons. The second-order valence-electron chi connectivity index (χ2n) is 5.98. The molecule has 0 aliphatic carbocycles. The molecule has 7 heteroatoms. The van der Waals surface area contributed by atoms with Crippen molar-refractivity contribution in [3.8, 4) is 11.5 Å². The van der Waals surface area contributed by atoms with Crippen LogP contribution < -0.4 is 9.47 Å². The molecule has 1 atom stereocenters. The van der Waals surface area contributed by atoms with Crippen molar-refractivity contribution in [2.45, 2.75) is 12.5 Å². The predicted octanol–water partition coefficient (Wildman–Crippen LogP) is 3.59. The van der Waals surface area contributed by atoms with E-state index in [1.165, 1.54) is 11.3 Å². The second-order valence-corrected chi connectivity index (χ2v) is 5.98. The fourth-order valence-corrected chi connectivity index (χ4v) is 3.18. The summed E-state index contributed by atoms with van der Waals surface area (Å²) >= 11 is 0. The smallest absolute Gasteiger partial charge is 0.310 e. The number of carbonyl (C=O) groups is 1. The minimum Gasteiger partial charge on any atom is -0.463 e. The number of rotatable bonds is 3. The number of carbonyl (C=O) groups excluding carboxylic acids is 1. The number of furan rings is 2. The Hall–Kier alpha value is -3.48. The van der Waals surface area contributed by atoms with Crippen LogP contribution in [0.3, 0.4) is 0 Å². The number of nitrogens with zero attached hydrogens (tertiary/aromatic N) is 2. The van der Waals surface area contributed by atoms with Gasteiger partial charge < -0.3 is 18.3 Å². The fourth-order valence-electron chi connectivity index (χ4n) is 3.18. The summed E-state index contributed by atoms with van der Waals surface area (Å²) in [7, 11) is 0. The third kappa shape index (κ3) is 2.36. The normalized spacial score (nSPS) is 18.2. The van der Waals surface area contributed by atoms with Crippen molar-refractivity contribution >= 4 is 11.6 Å². The van der Waals surface area contributed by atoms with E-state index in [1.807, 2.05) is 24.3 Å². The Balaban J connectivity index is 1.53. The molecule has 0 radical (unpaired) electrons. The molecule has 2 aliphatic rings. The molecule has 7 nitrogen and oxygen atoms in total. The van der Waals surface area contributed by atoms with Crippen molar-refractivity contribution < 1.29 is 23.1 Å². The summed E-state index contributed by atoms with van der Waals surface area (Å²) in [5.74, 6) is 1.94. The maximum Gasteiger partial charge on any atom is 0.310 e. The molecule has 26 heavy (non-hydrogen) atoms. The molecule has 0 fully saturated rings. The lowest BCUT2D eigenvalue weighted by molar-refractivity contribution is 0.0678. The molecule has 2 aliphatic heterocycles. The van der Waals surface area contributed by atoms with Crippen LogP contribution in [0.1, 0.15) is 34.3 Å². The van der Waals surface area contributed by atoms with Crippen molar-refractivity contribution in [3.05, 3.63) is 72.1 Å². The minimum absolute atomic E-state index is 0.201. The zero-order valence-corrected chi connectivity index (χ0v) is 13.6. The van der Waals surface area contributed by atoms with Crippen LogP contribution in [0.2, 0.25) is 0 Å². The van der Waals surface area contributed by atoms with Crippen LogP contribution >= 0.6 is 0 Å². The highest BCUT2D eigenvalue weighted by Crippen LogP contribution is 2.39. The van der Waals surface area contributed by atoms with Crippen molar-refractivity contribution in [1.82, 2.24) is 5.01 Å². The molecule has 1 amide bonds. The Labute approximate surface area is 148 Å². The highest BCUT2D eigenvalue weighted by atomic mass is 16.7. The average Bonchev–Trinajstić information content (AvgIpc) is 3.47. The molecule has 3 aromatic rings. The van der Waals surface area contributed by atoms with Crippen LogP contribution in [0.15, 0.2) is 68.9 Å². The predicted molar refractivity (Wildman–Crippen MR) is 90.0 cm³/mol. The maximum atomic E-state index is 12.9. The lowest BCUT2D eigenvalue weighted by atomic mass is 10.00. The zero-order chi connectivity index (χ0) is 17.5.